The maximum atomic E-state index is 10.6. The van der Waals surface area contributed by atoms with Gasteiger partial charge >= 0.3 is 5.97 Å². The number of benzene rings is 1. The number of hydrogen-bond donors (Lipinski definition) is 1. The molecule has 0 unspecified atom stereocenters. The Balaban J connectivity index is 2.04. The molecule has 0 fully saturated rings. The standard InChI is InChI=1S/C13H11ClO4/c1-8-2-4-11(10(14)6-8)17-7-9-3-5-12(18-9)13(15)16/h2-6H,7H2,1H3,(H,15,16). The number of carboxylic acids is 1. The molecular formula is C13H11ClO4. The fourth-order valence-electron chi connectivity index (χ4n) is 1.44. The average Bonchev–Trinajstić information content (AvgIpc) is 2.76. The summed E-state index contributed by atoms with van der Waals surface area (Å²) in [6.45, 7) is 2.07. The van der Waals surface area contributed by atoms with Crippen LogP contribution in [0.5, 0.6) is 5.75 Å². The molecule has 0 aliphatic carbocycles. The van der Waals surface area contributed by atoms with Gasteiger partial charge in [-0.05, 0) is 36.8 Å². The van der Waals surface area contributed by atoms with Gasteiger partial charge in [0.2, 0.25) is 5.76 Å². The molecule has 0 aliphatic rings. The summed E-state index contributed by atoms with van der Waals surface area (Å²) in [6, 6.07) is 8.38. The van der Waals surface area contributed by atoms with Crippen molar-refractivity contribution in [3.8, 4) is 5.75 Å². The lowest BCUT2D eigenvalue weighted by molar-refractivity contribution is 0.0658. The van der Waals surface area contributed by atoms with Crippen LogP contribution in [0.4, 0.5) is 0 Å². The number of furan rings is 1. The summed E-state index contributed by atoms with van der Waals surface area (Å²) in [4.78, 5) is 10.6. The lowest BCUT2D eigenvalue weighted by Gasteiger charge is -2.06. The Kier molecular flexibility index (Phi) is 3.58. The number of ether oxygens (including phenoxy) is 1. The van der Waals surface area contributed by atoms with Crippen LogP contribution in [0.2, 0.25) is 5.02 Å². The Hall–Kier alpha value is -1.94. The lowest BCUT2D eigenvalue weighted by atomic mass is 10.2. The Morgan fingerprint density at radius 2 is 2.17 bits per heavy atom. The van der Waals surface area contributed by atoms with Gasteiger partial charge in [0.15, 0.2) is 0 Å². The summed E-state index contributed by atoms with van der Waals surface area (Å²) in [5.74, 6) is -0.238. The zero-order chi connectivity index (χ0) is 13.1. The van der Waals surface area contributed by atoms with Crippen LogP contribution < -0.4 is 4.74 Å². The first kappa shape index (κ1) is 12.5. The molecule has 2 aromatic rings. The van der Waals surface area contributed by atoms with E-state index < -0.39 is 5.97 Å². The molecule has 1 aromatic heterocycles. The van der Waals surface area contributed by atoms with Crippen molar-refractivity contribution >= 4 is 17.6 Å². The van der Waals surface area contributed by atoms with E-state index >= 15 is 0 Å². The zero-order valence-corrected chi connectivity index (χ0v) is 10.4. The second-order valence-electron chi connectivity index (χ2n) is 3.79. The first-order chi connectivity index (χ1) is 8.56. The van der Waals surface area contributed by atoms with Gasteiger partial charge in [-0.1, -0.05) is 17.7 Å². The number of halogens is 1. The largest absolute Gasteiger partial charge is 0.484 e. The zero-order valence-electron chi connectivity index (χ0n) is 9.64. The molecule has 0 amide bonds. The summed E-state index contributed by atoms with van der Waals surface area (Å²) in [7, 11) is 0. The van der Waals surface area contributed by atoms with E-state index in [9.17, 15) is 4.79 Å². The molecule has 0 saturated heterocycles. The van der Waals surface area contributed by atoms with Gasteiger partial charge in [0.05, 0.1) is 5.02 Å². The predicted octanol–water partition coefficient (Wildman–Crippen LogP) is 3.52. The molecule has 2 rings (SSSR count). The van der Waals surface area contributed by atoms with E-state index in [1.54, 1.807) is 18.2 Å². The van der Waals surface area contributed by atoms with E-state index in [2.05, 4.69) is 0 Å². The third kappa shape index (κ3) is 2.84. The highest BCUT2D eigenvalue weighted by molar-refractivity contribution is 6.32. The van der Waals surface area contributed by atoms with Gasteiger partial charge < -0.3 is 14.3 Å². The maximum absolute atomic E-state index is 10.6. The van der Waals surface area contributed by atoms with Gasteiger partial charge in [0, 0.05) is 0 Å². The molecule has 0 spiro atoms. The van der Waals surface area contributed by atoms with E-state index in [0.717, 1.165) is 5.56 Å². The monoisotopic (exact) mass is 266 g/mol. The quantitative estimate of drug-likeness (QED) is 0.920. The molecule has 0 radical (unpaired) electrons. The van der Waals surface area contributed by atoms with Crippen LogP contribution in [0.1, 0.15) is 21.9 Å². The van der Waals surface area contributed by atoms with E-state index in [-0.39, 0.29) is 12.4 Å². The van der Waals surface area contributed by atoms with Gasteiger partial charge in [0.25, 0.3) is 0 Å². The minimum atomic E-state index is -1.10. The van der Waals surface area contributed by atoms with E-state index in [1.807, 2.05) is 13.0 Å². The smallest absolute Gasteiger partial charge is 0.371 e. The van der Waals surface area contributed by atoms with Crippen molar-refractivity contribution < 1.29 is 19.1 Å². The second-order valence-corrected chi connectivity index (χ2v) is 4.20. The molecule has 4 nitrogen and oxygen atoms in total. The predicted molar refractivity (Wildman–Crippen MR) is 66.2 cm³/mol. The molecule has 0 saturated carbocycles. The van der Waals surface area contributed by atoms with Crippen molar-refractivity contribution in [1.82, 2.24) is 0 Å². The highest BCUT2D eigenvalue weighted by Gasteiger charge is 2.10. The molecule has 0 bridgehead atoms. The van der Waals surface area contributed by atoms with Gasteiger partial charge in [-0.3, -0.25) is 0 Å². The average molecular weight is 267 g/mol. The third-order valence-corrected chi connectivity index (χ3v) is 2.63. The van der Waals surface area contributed by atoms with Crippen LogP contribution in [0, 0.1) is 6.92 Å². The number of aromatic carboxylic acids is 1. The maximum Gasteiger partial charge on any atom is 0.371 e. The second kappa shape index (κ2) is 5.14. The summed E-state index contributed by atoms with van der Waals surface area (Å²) in [5, 5.41) is 9.22. The Morgan fingerprint density at radius 3 is 2.78 bits per heavy atom. The molecule has 18 heavy (non-hydrogen) atoms. The van der Waals surface area contributed by atoms with Crippen molar-refractivity contribution in [3.63, 3.8) is 0 Å². The van der Waals surface area contributed by atoms with Crippen LogP contribution in [-0.2, 0) is 6.61 Å². The van der Waals surface area contributed by atoms with E-state index in [1.165, 1.54) is 6.07 Å². The van der Waals surface area contributed by atoms with Crippen LogP contribution >= 0.6 is 11.6 Å². The summed E-state index contributed by atoms with van der Waals surface area (Å²) in [6.07, 6.45) is 0. The van der Waals surface area contributed by atoms with Gasteiger partial charge in [0.1, 0.15) is 18.1 Å². The van der Waals surface area contributed by atoms with Crippen molar-refractivity contribution in [2.24, 2.45) is 0 Å². The molecule has 0 aliphatic heterocycles. The van der Waals surface area contributed by atoms with Crippen LogP contribution in [0.25, 0.3) is 0 Å². The topological polar surface area (TPSA) is 59.7 Å². The number of aryl methyl sites for hydroxylation is 1. The van der Waals surface area contributed by atoms with Crippen LogP contribution in [0.15, 0.2) is 34.7 Å². The number of hydrogen-bond acceptors (Lipinski definition) is 3. The first-order valence-electron chi connectivity index (χ1n) is 5.27. The summed E-state index contributed by atoms with van der Waals surface area (Å²) in [5.41, 5.74) is 1.04. The number of carboxylic acid groups (broad SMARTS) is 1. The minimum Gasteiger partial charge on any atom is -0.484 e. The molecule has 0 atom stereocenters. The highest BCUT2D eigenvalue weighted by atomic mass is 35.5. The minimum absolute atomic E-state index is 0.108. The van der Waals surface area contributed by atoms with Crippen LogP contribution in [0.3, 0.4) is 0 Å². The van der Waals surface area contributed by atoms with Gasteiger partial charge in [-0.2, -0.15) is 0 Å². The van der Waals surface area contributed by atoms with Crippen molar-refractivity contribution in [3.05, 3.63) is 52.4 Å². The Labute approximate surface area is 109 Å². The van der Waals surface area contributed by atoms with E-state index in [4.69, 9.17) is 25.9 Å². The first-order valence-corrected chi connectivity index (χ1v) is 5.65. The lowest BCUT2D eigenvalue weighted by Crippen LogP contribution is -1.95. The van der Waals surface area contributed by atoms with Gasteiger partial charge in [-0.25, -0.2) is 4.79 Å². The molecular weight excluding hydrogens is 256 g/mol. The molecule has 5 heteroatoms. The van der Waals surface area contributed by atoms with Crippen molar-refractivity contribution in [2.45, 2.75) is 13.5 Å². The molecule has 1 N–H and O–H groups in total. The van der Waals surface area contributed by atoms with Crippen molar-refractivity contribution in [2.75, 3.05) is 0 Å². The number of rotatable bonds is 4. The van der Waals surface area contributed by atoms with Crippen molar-refractivity contribution in [1.29, 1.82) is 0 Å². The van der Waals surface area contributed by atoms with E-state index in [0.29, 0.717) is 16.5 Å². The molecule has 94 valence electrons. The fraction of sp³-hybridized carbons (Fsp3) is 0.154. The number of carbonyl (C=O) groups is 1. The SMILES string of the molecule is Cc1ccc(OCc2ccc(C(=O)O)o2)c(Cl)c1. The third-order valence-electron chi connectivity index (χ3n) is 2.33. The Morgan fingerprint density at radius 1 is 1.39 bits per heavy atom. The normalized spacial score (nSPS) is 10.3. The fourth-order valence-corrected chi connectivity index (χ4v) is 1.73. The summed E-state index contributed by atoms with van der Waals surface area (Å²) < 4.78 is 10.5. The highest BCUT2D eigenvalue weighted by Crippen LogP contribution is 2.26. The Bertz CT molecular complexity index is 574. The van der Waals surface area contributed by atoms with Gasteiger partial charge in [-0.15, -0.1) is 0 Å². The summed E-state index contributed by atoms with van der Waals surface area (Å²) >= 11 is 6.00. The van der Waals surface area contributed by atoms with Crippen LogP contribution in [-0.4, -0.2) is 11.1 Å². The molecule has 1 heterocycles. The molecule has 1 aromatic carbocycles.